The first-order chi connectivity index (χ1) is 9.11. The molecule has 3 heteroatoms. The van der Waals surface area contributed by atoms with Crippen molar-refractivity contribution in [3.05, 3.63) is 51.9 Å². The summed E-state index contributed by atoms with van der Waals surface area (Å²) in [5.41, 5.74) is 2.11. The summed E-state index contributed by atoms with van der Waals surface area (Å²) in [7, 11) is 0. The number of benzene rings is 1. The van der Waals surface area contributed by atoms with Crippen LogP contribution < -0.4 is 0 Å². The van der Waals surface area contributed by atoms with Crippen LogP contribution in [0.25, 0.3) is 16.5 Å². The van der Waals surface area contributed by atoms with Gasteiger partial charge in [0.25, 0.3) is 0 Å². The molecular weight excluding hydrogens is 276 g/mol. The molecule has 1 aromatic carbocycles. The zero-order valence-corrected chi connectivity index (χ0v) is 12.6. The molecule has 2 aromatic rings. The Morgan fingerprint density at radius 2 is 2.00 bits per heavy atom. The summed E-state index contributed by atoms with van der Waals surface area (Å²) in [5, 5.41) is 10.1. The van der Waals surface area contributed by atoms with Gasteiger partial charge in [-0.15, -0.1) is 11.3 Å². The fourth-order valence-electron chi connectivity index (χ4n) is 1.81. The molecule has 0 fully saturated rings. The first-order valence-corrected chi connectivity index (χ1v) is 7.47. The van der Waals surface area contributed by atoms with Gasteiger partial charge in [-0.05, 0) is 35.8 Å². The third-order valence-electron chi connectivity index (χ3n) is 3.02. The maximum atomic E-state index is 9.34. The van der Waals surface area contributed by atoms with Gasteiger partial charge in [-0.3, -0.25) is 0 Å². The second-order valence-electron chi connectivity index (χ2n) is 4.71. The second kappa shape index (κ2) is 6.38. The molecule has 2 rings (SSSR count). The van der Waals surface area contributed by atoms with Gasteiger partial charge in [0.1, 0.15) is 0 Å². The quantitative estimate of drug-likeness (QED) is 0.831. The average Bonchev–Trinajstić information content (AvgIpc) is 2.84. The van der Waals surface area contributed by atoms with E-state index in [1.807, 2.05) is 24.3 Å². The first kappa shape index (κ1) is 14.3. The predicted molar refractivity (Wildman–Crippen MR) is 84.7 cm³/mol. The van der Waals surface area contributed by atoms with Gasteiger partial charge in [0.15, 0.2) is 0 Å². The normalized spacial score (nSPS) is 12.2. The highest BCUT2D eigenvalue weighted by molar-refractivity contribution is 7.16. The molecule has 100 valence electrons. The van der Waals surface area contributed by atoms with Crippen molar-refractivity contribution in [2.75, 3.05) is 6.61 Å². The van der Waals surface area contributed by atoms with Gasteiger partial charge in [-0.2, -0.15) is 0 Å². The van der Waals surface area contributed by atoms with Crippen LogP contribution in [0.1, 0.15) is 18.7 Å². The Kier molecular flexibility index (Phi) is 4.81. The number of rotatable bonds is 4. The van der Waals surface area contributed by atoms with E-state index in [0.29, 0.717) is 5.92 Å². The lowest BCUT2D eigenvalue weighted by atomic mass is 10.0. The number of aliphatic hydroxyl groups is 1. The zero-order chi connectivity index (χ0) is 13.8. The number of hydrogen-bond donors (Lipinski definition) is 1. The molecule has 1 nitrogen and oxygen atoms in total. The van der Waals surface area contributed by atoms with Crippen molar-refractivity contribution < 1.29 is 5.11 Å². The summed E-state index contributed by atoms with van der Waals surface area (Å²) in [6, 6.07) is 12.0. The van der Waals surface area contributed by atoms with Gasteiger partial charge in [0.05, 0.1) is 6.61 Å². The lowest BCUT2D eigenvalue weighted by Crippen LogP contribution is -1.98. The Labute approximate surface area is 123 Å². The standard InChI is InChI=1S/C16H17ClOS/c1-11(2)12(10-18)9-13-7-8-16(19-13)14-5-3-4-6-15(14)17/h3-9,11,18H,10H2,1-2H3. The lowest BCUT2D eigenvalue weighted by molar-refractivity contribution is 0.320. The maximum absolute atomic E-state index is 9.34. The van der Waals surface area contributed by atoms with Crippen molar-refractivity contribution in [1.82, 2.24) is 0 Å². The molecule has 0 spiro atoms. The molecule has 0 unspecified atom stereocenters. The van der Waals surface area contributed by atoms with Gasteiger partial charge in [0.2, 0.25) is 0 Å². The molecule has 0 saturated carbocycles. The molecule has 0 amide bonds. The highest BCUT2D eigenvalue weighted by Crippen LogP contribution is 2.34. The molecule has 1 heterocycles. The van der Waals surface area contributed by atoms with E-state index in [1.54, 1.807) is 11.3 Å². The highest BCUT2D eigenvalue weighted by atomic mass is 35.5. The summed E-state index contributed by atoms with van der Waals surface area (Å²) in [4.78, 5) is 2.30. The monoisotopic (exact) mass is 292 g/mol. The van der Waals surface area contributed by atoms with Crippen LogP contribution in [0.5, 0.6) is 0 Å². The predicted octanol–water partition coefficient (Wildman–Crippen LogP) is 5.10. The number of thiophene rings is 1. The van der Waals surface area contributed by atoms with E-state index >= 15 is 0 Å². The molecule has 0 atom stereocenters. The molecular formula is C16H17ClOS. The van der Waals surface area contributed by atoms with Crippen LogP contribution in [0.15, 0.2) is 42.0 Å². The minimum absolute atomic E-state index is 0.108. The van der Waals surface area contributed by atoms with E-state index in [4.69, 9.17) is 11.6 Å². The smallest absolute Gasteiger partial charge is 0.0647 e. The fourth-order valence-corrected chi connectivity index (χ4v) is 3.13. The van der Waals surface area contributed by atoms with Crippen LogP contribution in [0.4, 0.5) is 0 Å². The van der Waals surface area contributed by atoms with E-state index in [9.17, 15) is 5.11 Å². The summed E-state index contributed by atoms with van der Waals surface area (Å²) >= 11 is 7.89. The highest BCUT2D eigenvalue weighted by Gasteiger charge is 2.07. The Morgan fingerprint density at radius 3 is 2.63 bits per heavy atom. The summed E-state index contributed by atoms with van der Waals surface area (Å²) < 4.78 is 0. The van der Waals surface area contributed by atoms with Gasteiger partial charge in [0, 0.05) is 20.3 Å². The number of aliphatic hydroxyl groups excluding tert-OH is 1. The third-order valence-corrected chi connectivity index (χ3v) is 4.41. The van der Waals surface area contributed by atoms with Crippen LogP contribution in [-0.2, 0) is 0 Å². The molecule has 0 bridgehead atoms. The molecule has 1 N–H and O–H groups in total. The number of hydrogen-bond acceptors (Lipinski definition) is 2. The lowest BCUT2D eigenvalue weighted by Gasteiger charge is -2.06. The molecule has 0 aliphatic heterocycles. The van der Waals surface area contributed by atoms with Crippen molar-refractivity contribution in [1.29, 1.82) is 0 Å². The van der Waals surface area contributed by atoms with Crippen LogP contribution in [0.3, 0.4) is 0 Å². The van der Waals surface area contributed by atoms with Crippen molar-refractivity contribution in [3.8, 4) is 10.4 Å². The van der Waals surface area contributed by atoms with Crippen LogP contribution in [0.2, 0.25) is 5.02 Å². The second-order valence-corrected chi connectivity index (χ2v) is 6.24. The number of halogens is 1. The Bertz CT molecular complexity index is 584. The van der Waals surface area contributed by atoms with Crippen LogP contribution in [-0.4, -0.2) is 11.7 Å². The van der Waals surface area contributed by atoms with E-state index in [1.165, 1.54) is 0 Å². The summed E-state index contributed by atoms with van der Waals surface area (Å²) in [5.74, 6) is 0.357. The van der Waals surface area contributed by atoms with Crippen molar-refractivity contribution in [2.45, 2.75) is 13.8 Å². The van der Waals surface area contributed by atoms with Gasteiger partial charge < -0.3 is 5.11 Å². The average molecular weight is 293 g/mol. The fraction of sp³-hybridized carbons (Fsp3) is 0.250. The van der Waals surface area contributed by atoms with E-state index in [0.717, 1.165) is 25.9 Å². The SMILES string of the molecule is CC(C)C(=Cc1ccc(-c2ccccc2Cl)s1)CO. The minimum atomic E-state index is 0.108. The topological polar surface area (TPSA) is 20.2 Å². The Hall–Kier alpha value is -1.09. The van der Waals surface area contributed by atoms with Crippen molar-refractivity contribution in [3.63, 3.8) is 0 Å². The summed E-state index contributed by atoms with van der Waals surface area (Å²) in [6.45, 7) is 4.28. The molecule has 0 saturated heterocycles. The molecule has 0 aliphatic carbocycles. The van der Waals surface area contributed by atoms with Gasteiger partial charge in [-0.25, -0.2) is 0 Å². The largest absolute Gasteiger partial charge is 0.392 e. The van der Waals surface area contributed by atoms with Gasteiger partial charge in [-0.1, -0.05) is 43.6 Å². The molecule has 1 aromatic heterocycles. The van der Waals surface area contributed by atoms with Gasteiger partial charge >= 0.3 is 0 Å². The molecule has 19 heavy (non-hydrogen) atoms. The third kappa shape index (κ3) is 3.47. The van der Waals surface area contributed by atoms with E-state index in [2.05, 4.69) is 32.1 Å². The molecule has 0 radical (unpaired) electrons. The first-order valence-electron chi connectivity index (χ1n) is 6.28. The van der Waals surface area contributed by atoms with E-state index in [-0.39, 0.29) is 6.61 Å². The van der Waals surface area contributed by atoms with Crippen LogP contribution >= 0.6 is 22.9 Å². The minimum Gasteiger partial charge on any atom is -0.392 e. The van der Waals surface area contributed by atoms with E-state index < -0.39 is 0 Å². The molecule has 0 aliphatic rings. The van der Waals surface area contributed by atoms with Crippen molar-refractivity contribution in [2.24, 2.45) is 5.92 Å². The Balaban J connectivity index is 2.32. The zero-order valence-electron chi connectivity index (χ0n) is 11.1. The Morgan fingerprint density at radius 1 is 1.26 bits per heavy atom. The van der Waals surface area contributed by atoms with Crippen LogP contribution in [0, 0.1) is 5.92 Å². The van der Waals surface area contributed by atoms with Crippen molar-refractivity contribution >= 4 is 29.0 Å². The maximum Gasteiger partial charge on any atom is 0.0647 e. The summed E-state index contributed by atoms with van der Waals surface area (Å²) in [6.07, 6.45) is 2.07.